The lowest BCUT2D eigenvalue weighted by Crippen LogP contribution is -2.53. The van der Waals surface area contributed by atoms with Gasteiger partial charge in [-0.15, -0.1) is 11.3 Å². The van der Waals surface area contributed by atoms with Crippen molar-refractivity contribution in [2.45, 2.75) is 19.5 Å². The number of nitrogens with one attached hydrogen (secondary N) is 1. The number of benzene rings is 1. The molecular weight excluding hydrogens is 284 g/mol. The number of thiophene rings is 1. The van der Waals surface area contributed by atoms with E-state index in [0.717, 1.165) is 16.0 Å². The topological polar surface area (TPSA) is 49.4 Å². The van der Waals surface area contributed by atoms with Crippen LogP contribution in [0.25, 0.3) is 0 Å². The molecule has 2 heterocycles. The first-order chi connectivity index (χ1) is 10.2. The van der Waals surface area contributed by atoms with Gasteiger partial charge in [-0.25, -0.2) is 0 Å². The zero-order valence-corrected chi connectivity index (χ0v) is 12.5. The lowest BCUT2D eigenvalue weighted by molar-refractivity contribution is -0.146. The van der Waals surface area contributed by atoms with Crippen molar-refractivity contribution in [3.8, 4) is 0 Å². The van der Waals surface area contributed by atoms with Crippen molar-refractivity contribution in [3.63, 3.8) is 0 Å². The summed E-state index contributed by atoms with van der Waals surface area (Å²) in [5.74, 6) is -0.161. The van der Waals surface area contributed by atoms with E-state index >= 15 is 0 Å². The van der Waals surface area contributed by atoms with Crippen LogP contribution in [0.2, 0.25) is 0 Å². The van der Waals surface area contributed by atoms with E-state index in [1.165, 1.54) is 0 Å². The average molecular weight is 300 g/mol. The standard InChI is InChI=1S/C16H16N2O2S/c1-11-7-8-21-13(11)10-18-14(19)9-17-16(20)15(18)12-5-3-2-4-6-12/h2-8,15H,9-10H2,1H3,(H,17,20). The minimum atomic E-state index is -0.547. The van der Waals surface area contributed by atoms with Gasteiger partial charge in [-0.1, -0.05) is 30.3 Å². The molecule has 0 aliphatic carbocycles. The fraction of sp³-hybridized carbons (Fsp3) is 0.250. The Bertz CT molecular complexity index is 666. The van der Waals surface area contributed by atoms with Gasteiger partial charge in [-0.05, 0) is 29.5 Å². The first-order valence-corrected chi connectivity index (χ1v) is 7.70. The Balaban J connectivity index is 1.95. The molecule has 21 heavy (non-hydrogen) atoms. The van der Waals surface area contributed by atoms with Crippen LogP contribution in [0.3, 0.4) is 0 Å². The molecule has 0 radical (unpaired) electrons. The number of carbonyl (C=O) groups is 2. The summed E-state index contributed by atoms with van der Waals surface area (Å²) in [4.78, 5) is 27.3. The molecule has 1 atom stereocenters. The number of rotatable bonds is 3. The number of piperazine rings is 1. The van der Waals surface area contributed by atoms with Gasteiger partial charge in [0.15, 0.2) is 0 Å². The van der Waals surface area contributed by atoms with Gasteiger partial charge < -0.3 is 10.2 Å². The number of hydrogen-bond acceptors (Lipinski definition) is 3. The maximum Gasteiger partial charge on any atom is 0.247 e. The minimum absolute atomic E-state index is 0.0451. The first-order valence-electron chi connectivity index (χ1n) is 6.82. The van der Waals surface area contributed by atoms with E-state index in [4.69, 9.17) is 0 Å². The van der Waals surface area contributed by atoms with E-state index in [9.17, 15) is 9.59 Å². The molecule has 2 amide bonds. The van der Waals surface area contributed by atoms with Gasteiger partial charge in [-0.2, -0.15) is 0 Å². The summed E-state index contributed by atoms with van der Waals surface area (Å²) in [6.07, 6.45) is 0. The van der Waals surface area contributed by atoms with Crippen LogP contribution < -0.4 is 5.32 Å². The summed E-state index contributed by atoms with van der Waals surface area (Å²) in [6.45, 7) is 2.58. The summed E-state index contributed by atoms with van der Waals surface area (Å²) in [5, 5.41) is 4.69. The number of hydrogen-bond donors (Lipinski definition) is 1. The van der Waals surface area contributed by atoms with E-state index in [1.807, 2.05) is 48.7 Å². The Kier molecular flexibility index (Phi) is 3.75. The van der Waals surface area contributed by atoms with Crippen molar-refractivity contribution in [3.05, 3.63) is 57.8 Å². The highest BCUT2D eigenvalue weighted by Crippen LogP contribution is 2.28. The third kappa shape index (κ3) is 2.69. The molecule has 1 fully saturated rings. The average Bonchev–Trinajstić information content (AvgIpc) is 2.89. The number of amides is 2. The van der Waals surface area contributed by atoms with Crippen molar-refractivity contribution in [2.24, 2.45) is 0 Å². The normalized spacial score (nSPS) is 18.7. The largest absolute Gasteiger partial charge is 0.345 e. The van der Waals surface area contributed by atoms with E-state index in [-0.39, 0.29) is 18.4 Å². The van der Waals surface area contributed by atoms with Crippen LogP contribution >= 0.6 is 11.3 Å². The fourth-order valence-electron chi connectivity index (χ4n) is 2.51. The molecule has 1 aromatic carbocycles. The third-order valence-corrected chi connectivity index (χ3v) is 4.70. The molecule has 1 aliphatic rings. The molecule has 1 N–H and O–H groups in total. The molecule has 1 aromatic heterocycles. The van der Waals surface area contributed by atoms with Crippen molar-refractivity contribution in [1.82, 2.24) is 10.2 Å². The van der Waals surface area contributed by atoms with Crippen molar-refractivity contribution >= 4 is 23.2 Å². The minimum Gasteiger partial charge on any atom is -0.345 e. The second kappa shape index (κ2) is 5.69. The Labute approximate surface area is 127 Å². The Morgan fingerprint density at radius 1 is 1.24 bits per heavy atom. The highest BCUT2D eigenvalue weighted by molar-refractivity contribution is 7.10. The molecular formula is C16H16N2O2S. The number of carbonyl (C=O) groups excluding carboxylic acids is 2. The van der Waals surface area contributed by atoms with Crippen molar-refractivity contribution in [2.75, 3.05) is 6.54 Å². The summed E-state index contributed by atoms with van der Waals surface area (Å²) in [5.41, 5.74) is 2.00. The van der Waals surface area contributed by atoms with Gasteiger partial charge in [-0.3, -0.25) is 9.59 Å². The van der Waals surface area contributed by atoms with Gasteiger partial charge in [0, 0.05) is 4.88 Å². The molecule has 0 spiro atoms. The maximum atomic E-state index is 12.3. The zero-order chi connectivity index (χ0) is 14.8. The van der Waals surface area contributed by atoms with Crippen LogP contribution in [0.15, 0.2) is 41.8 Å². The molecule has 1 unspecified atom stereocenters. The summed E-state index contributed by atoms with van der Waals surface area (Å²) < 4.78 is 0. The smallest absolute Gasteiger partial charge is 0.247 e. The highest BCUT2D eigenvalue weighted by atomic mass is 32.1. The number of nitrogens with zero attached hydrogens (tertiary/aromatic N) is 1. The van der Waals surface area contributed by atoms with Crippen LogP contribution in [0.1, 0.15) is 22.0 Å². The lowest BCUT2D eigenvalue weighted by Gasteiger charge is -2.35. The molecule has 5 heteroatoms. The third-order valence-electron chi connectivity index (χ3n) is 3.69. The summed E-state index contributed by atoms with van der Waals surface area (Å²) in [7, 11) is 0. The highest BCUT2D eigenvalue weighted by Gasteiger charge is 2.35. The Morgan fingerprint density at radius 3 is 2.67 bits per heavy atom. The monoisotopic (exact) mass is 300 g/mol. The Hall–Kier alpha value is -2.14. The van der Waals surface area contributed by atoms with Gasteiger partial charge in [0.05, 0.1) is 13.1 Å². The molecule has 0 bridgehead atoms. The van der Waals surface area contributed by atoms with E-state index in [1.54, 1.807) is 16.2 Å². The van der Waals surface area contributed by atoms with Crippen LogP contribution in [0.4, 0.5) is 0 Å². The van der Waals surface area contributed by atoms with Gasteiger partial charge in [0.1, 0.15) is 6.04 Å². The molecule has 108 valence electrons. The van der Waals surface area contributed by atoms with Crippen LogP contribution in [0, 0.1) is 6.92 Å². The van der Waals surface area contributed by atoms with Crippen LogP contribution in [-0.2, 0) is 16.1 Å². The van der Waals surface area contributed by atoms with Crippen molar-refractivity contribution < 1.29 is 9.59 Å². The molecule has 4 nitrogen and oxygen atoms in total. The second-order valence-corrected chi connectivity index (χ2v) is 6.08. The lowest BCUT2D eigenvalue weighted by atomic mass is 10.0. The van der Waals surface area contributed by atoms with Crippen molar-refractivity contribution in [1.29, 1.82) is 0 Å². The maximum absolute atomic E-state index is 12.3. The van der Waals surface area contributed by atoms with E-state index in [0.29, 0.717) is 6.54 Å². The molecule has 0 saturated carbocycles. The predicted octanol–water partition coefficient (Wildman–Crippen LogP) is 2.26. The second-order valence-electron chi connectivity index (χ2n) is 5.08. The first kappa shape index (κ1) is 13.8. The molecule has 1 saturated heterocycles. The predicted molar refractivity (Wildman–Crippen MR) is 81.8 cm³/mol. The summed E-state index contributed by atoms with van der Waals surface area (Å²) in [6, 6.07) is 10.9. The van der Waals surface area contributed by atoms with Crippen LogP contribution in [-0.4, -0.2) is 23.3 Å². The van der Waals surface area contributed by atoms with E-state index in [2.05, 4.69) is 5.32 Å². The SMILES string of the molecule is Cc1ccsc1CN1C(=O)CNC(=O)C1c1ccccc1. The van der Waals surface area contributed by atoms with E-state index < -0.39 is 6.04 Å². The molecule has 2 aromatic rings. The van der Waals surface area contributed by atoms with Gasteiger partial charge in [0.25, 0.3) is 0 Å². The number of aryl methyl sites for hydroxylation is 1. The van der Waals surface area contributed by atoms with Gasteiger partial charge in [0.2, 0.25) is 11.8 Å². The molecule has 3 rings (SSSR count). The molecule has 1 aliphatic heterocycles. The van der Waals surface area contributed by atoms with Gasteiger partial charge >= 0.3 is 0 Å². The Morgan fingerprint density at radius 2 is 2.00 bits per heavy atom. The summed E-state index contributed by atoms with van der Waals surface area (Å²) >= 11 is 1.62. The zero-order valence-electron chi connectivity index (χ0n) is 11.7. The fourth-order valence-corrected chi connectivity index (χ4v) is 3.42. The quantitative estimate of drug-likeness (QED) is 0.945. The van der Waals surface area contributed by atoms with Crippen LogP contribution in [0.5, 0.6) is 0 Å².